The number of nitrogens with zero attached hydrogens (tertiary/aromatic N) is 1. The smallest absolute Gasteiger partial charge is 0.0702 e. The lowest BCUT2D eigenvalue weighted by Gasteiger charge is -2.22. The third-order valence-electron chi connectivity index (χ3n) is 3.91. The SMILES string of the molecule is Cc1ccc(N2CCC(C(C)C)C2)c(CO)c1. The second-order valence-electron chi connectivity index (χ2n) is 5.53. The van der Waals surface area contributed by atoms with Crippen LogP contribution in [-0.4, -0.2) is 18.2 Å². The van der Waals surface area contributed by atoms with E-state index in [1.54, 1.807) is 0 Å². The Morgan fingerprint density at radius 2 is 2.18 bits per heavy atom. The number of anilines is 1. The molecule has 1 aromatic rings. The molecule has 0 aliphatic carbocycles. The van der Waals surface area contributed by atoms with Crippen molar-refractivity contribution in [1.82, 2.24) is 0 Å². The predicted molar refractivity (Wildman–Crippen MR) is 72.3 cm³/mol. The average molecular weight is 233 g/mol. The van der Waals surface area contributed by atoms with Crippen LogP contribution in [-0.2, 0) is 6.61 Å². The minimum atomic E-state index is 0.139. The van der Waals surface area contributed by atoms with Gasteiger partial charge in [0.05, 0.1) is 6.61 Å². The lowest BCUT2D eigenvalue weighted by atomic mass is 9.95. The molecule has 1 unspecified atom stereocenters. The summed E-state index contributed by atoms with van der Waals surface area (Å²) in [5.74, 6) is 1.55. The normalized spacial score (nSPS) is 20.3. The van der Waals surface area contributed by atoms with E-state index in [-0.39, 0.29) is 6.61 Å². The Morgan fingerprint density at radius 1 is 1.41 bits per heavy atom. The van der Waals surface area contributed by atoms with Crippen LogP contribution in [0.4, 0.5) is 5.69 Å². The van der Waals surface area contributed by atoms with Crippen molar-refractivity contribution in [2.75, 3.05) is 18.0 Å². The third kappa shape index (κ3) is 2.63. The van der Waals surface area contributed by atoms with E-state index >= 15 is 0 Å². The fourth-order valence-corrected chi connectivity index (χ4v) is 2.70. The number of aliphatic hydroxyl groups is 1. The van der Waals surface area contributed by atoms with Crippen molar-refractivity contribution in [2.45, 2.75) is 33.8 Å². The summed E-state index contributed by atoms with van der Waals surface area (Å²) in [7, 11) is 0. The maximum Gasteiger partial charge on any atom is 0.0702 e. The van der Waals surface area contributed by atoms with Crippen LogP contribution in [0.2, 0.25) is 0 Å². The lowest BCUT2D eigenvalue weighted by Crippen LogP contribution is -2.22. The zero-order valence-electron chi connectivity index (χ0n) is 11.1. The summed E-state index contributed by atoms with van der Waals surface area (Å²) in [4.78, 5) is 2.43. The highest BCUT2D eigenvalue weighted by molar-refractivity contribution is 5.55. The molecule has 0 spiro atoms. The molecule has 1 heterocycles. The van der Waals surface area contributed by atoms with E-state index in [0.717, 1.165) is 30.5 Å². The number of aliphatic hydroxyl groups excluding tert-OH is 1. The van der Waals surface area contributed by atoms with Crippen molar-refractivity contribution in [3.8, 4) is 0 Å². The van der Waals surface area contributed by atoms with Gasteiger partial charge < -0.3 is 10.0 Å². The molecular weight excluding hydrogens is 210 g/mol. The molecule has 1 aliphatic rings. The van der Waals surface area contributed by atoms with Crippen molar-refractivity contribution in [2.24, 2.45) is 11.8 Å². The van der Waals surface area contributed by atoms with E-state index < -0.39 is 0 Å². The molecule has 94 valence electrons. The molecule has 0 radical (unpaired) electrons. The summed E-state index contributed by atoms with van der Waals surface area (Å²) in [5.41, 5.74) is 3.51. The van der Waals surface area contributed by atoms with Gasteiger partial charge in [-0.3, -0.25) is 0 Å². The minimum absolute atomic E-state index is 0.139. The van der Waals surface area contributed by atoms with Gasteiger partial charge in [0.1, 0.15) is 0 Å². The topological polar surface area (TPSA) is 23.5 Å². The van der Waals surface area contributed by atoms with Gasteiger partial charge in [0.25, 0.3) is 0 Å². The quantitative estimate of drug-likeness (QED) is 0.867. The van der Waals surface area contributed by atoms with Crippen LogP contribution in [0.3, 0.4) is 0 Å². The average Bonchev–Trinajstić information content (AvgIpc) is 2.78. The first kappa shape index (κ1) is 12.4. The predicted octanol–water partition coefficient (Wildman–Crippen LogP) is 2.97. The first-order valence-corrected chi connectivity index (χ1v) is 6.57. The molecule has 0 saturated carbocycles. The number of rotatable bonds is 3. The molecule has 1 N–H and O–H groups in total. The van der Waals surface area contributed by atoms with E-state index in [1.807, 2.05) is 0 Å². The highest BCUT2D eigenvalue weighted by Gasteiger charge is 2.25. The first-order chi connectivity index (χ1) is 8.11. The molecule has 1 saturated heterocycles. The molecule has 2 nitrogen and oxygen atoms in total. The minimum Gasteiger partial charge on any atom is -0.392 e. The van der Waals surface area contributed by atoms with Gasteiger partial charge in [-0.15, -0.1) is 0 Å². The van der Waals surface area contributed by atoms with E-state index in [9.17, 15) is 5.11 Å². The monoisotopic (exact) mass is 233 g/mol. The summed E-state index contributed by atoms with van der Waals surface area (Å²) >= 11 is 0. The first-order valence-electron chi connectivity index (χ1n) is 6.57. The summed E-state index contributed by atoms with van der Waals surface area (Å²) in [6.45, 7) is 9.07. The largest absolute Gasteiger partial charge is 0.392 e. The Hall–Kier alpha value is -1.02. The van der Waals surface area contributed by atoms with Gasteiger partial charge in [-0.05, 0) is 31.2 Å². The Balaban J connectivity index is 2.18. The molecule has 1 aliphatic heterocycles. The van der Waals surface area contributed by atoms with Crippen LogP contribution in [0.1, 0.15) is 31.4 Å². The second kappa shape index (κ2) is 5.09. The van der Waals surface area contributed by atoms with E-state index in [0.29, 0.717) is 0 Å². The number of hydrogen-bond acceptors (Lipinski definition) is 2. The molecule has 17 heavy (non-hydrogen) atoms. The summed E-state index contributed by atoms with van der Waals surface area (Å²) in [5, 5.41) is 9.45. The van der Waals surface area contributed by atoms with Gasteiger partial charge in [-0.2, -0.15) is 0 Å². The highest BCUT2D eigenvalue weighted by Crippen LogP contribution is 2.30. The molecule has 0 bridgehead atoms. The molecular formula is C15H23NO. The molecule has 2 heteroatoms. The van der Waals surface area contributed by atoms with Crippen LogP contribution < -0.4 is 4.90 Å². The number of hydrogen-bond donors (Lipinski definition) is 1. The number of aryl methyl sites for hydroxylation is 1. The van der Waals surface area contributed by atoms with Gasteiger partial charge in [-0.25, -0.2) is 0 Å². The van der Waals surface area contributed by atoms with Gasteiger partial charge in [0.2, 0.25) is 0 Å². The summed E-state index contributed by atoms with van der Waals surface area (Å²) in [6.07, 6.45) is 1.27. The fourth-order valence-electron chi connectivity index (χ4n) is 2.70. The molecule has 1 aromatic carbocycles. The van der Waals surface area contributed by atoms with Crippen molar-refractivity contribution >= 4 is 5.69 Å². The van der Waals surface area contributed by atoms with Crippen LogP contribution in [0.15, 0.2) is 18.2 Å². The summed E-state index contributed by atoms with van der Waals surface area (Å²) < 4.78 is 0. The van der Waals surface area contributed by atoms with E-state index in [2.05, 4.69) is 43.9 Å². The van der Waals surface area contributed by atoms with Crippen LogP contribution in [0.5, 0.6) is 0 Å². The fraction of sp³-hybridized carbons (Fsp3) is 0.600. The van der Waals surface area contributed by atoms with Crippen molar-refractivity contribution in [3.63, 3.8) is 0 Å². The van der Waals surface area contributed by atoms with Gasteiger partial charge >= 0.3 is 0 Å². The van der Waals surface area contributed by atoms with E-state index in [4.69, 9.17) is 0 Å². The van der Waals surface area contributed by atoms with E-state index in [1.165, 1.54) is 17.7 Å². The van der Waals surface area contributed by atoms with Crippen molar-refractivity contribution in [3.05, 3.63) is 29.3 Å². The van der Waals surface area contributed by atoms with Gasteiger partial charge in [0, 0.05) is 24.3 Å². The van der Waals surface area contributed by atoms with Crippen LogP contribution in [0, 0.1) is 18.8 Å². The van der Waals surface area contributed by atoms with Gasteiger partial charge in [-0.1, -0.05) is 31.5 Å². The Kier molecular flexibility index (Phi) is 3.72. The maximum absolute atomic E-state index is 9.45. The lowest BCUT2D eigenvalue weighted by molar-refractivity contribution is 0.282. The van der Waals surface area contributed by atoms with Crippen molar-refractivity contribution < 1.29 is 5.11 Å². The second-order valence-corrected chi connectivity index (χ2v) is 5.53. The molecule has 2 rings (SSSR count). The zero-order valence-corrected chi connectivity index (χ0v) is 11.1. The molecule has 1 atom stereocenters. The van der Waals surface area contributed by atoms with Crippen LogP contribution >= 0.6 is 0 Å². The van der Waals surface area contributed by atoms with Crippen molar-refractivity contribution in [1.29, 1.82) is 0 Å². The zero-order chi connectivity index (χ0) is 12.4. The summed E-state index contributed by atoms with van der Waals surface area (Å²) in [6, 6.07) is 6.39. The number of benzene rings is 1. The Bertz CT molecular complexity index is 387. The standard InChI is InChI=1S/C15H23NO/c1-11(2)13-6-7-16(9-13)15-5-4-12(3)8-14(15)10-17/h4-5,8,11,13,17H,6-7,9-10H2,1-3H3. The Morgan fingerprint density at radius 3 is 2.76 bits per heavy atom. The Labute approximate surface area is 104 Å². The van der Waals surface area contributed by atoms with Crippen LogP contribution in [0.25, 0.3) is 0 Å². The molecule has 1 fully saturated rings. The van der Waals surface area contributed by atoms with Gasteiger partial charge in [0.15, 0.2) is 0 Å². The molecule has 0 amide bonds. The highest BCUT2D eigenvalue weighted by atomic mass is 16.3. The molecule has 0 aromatic heterocycles. The maximum atomic E-state index is 9.45. The third-order valence-corrected chi connectivity index (χ3v) is 3.91.